The number of nitrogens with one attached hydrogen (secondary N) is 3. The van der Waals surface area contributed by atoms with E-state index < -0.39 is 0 Å². The van der Waals surface area contributed by atoms with Gasteiger partial charge in [-0.2, -0.15) is 0 Å². The number of amides is 1. The van der Waals surface area contributed by atoms with Crippen LogP contribution >= 0.6 is 35.6 Å². The molecular formula is C20H26ClIN6O. The largest absolute Gasteiger partial charge is 0.369 e. The number of rotatable bonds is 6. The van der Waals surface area contributed by atoms with Crippen molar-refractivity contribution in [1.82, 2.24) is 15.6 Å². The molecule has 0 spiro atoms. The minimum atomic E-state index is -0.183. The zero-order valence-corrected chi connectivity index (χ0v) is 19.4. The molecule has 0 bridgehead atoms. The van der Waals surface area contributed by atoms with Crippen molar-refractivity contribution in [3.8, 4) is 0 Å². The predicted octanol–water partition coefficient (Wildman–Crippen LogP) is 3.13. The van der Waals surface area contributed by atoms with E-state index in [0.29, 0.717) is 11.6 Å². The SMILES string of the molecule is CCNC(=NCC(=O)Nc1cccnc1)NC1CCN(c2cccc(Cl)c2)C1.I. The zero-order valence-electron chi connectivity index (χ0n) is 16.3. The summed E-state index contributed by atoms with van der Waals surface area (Å²) in [4.78, 5) is 22.8. The summed E-state index contributed by atoms with van der Waals surface area (Å²) < 4.78 is 0. The third kappa shape index (κ3) is 7.36. The summed E-state index contributed by atoms with van der Waals surface area (Å²) >= 11 is 6.10. The molecule has 1 fully saturated rings. The molecule has 0 radical (unpaired) electrons. The standard InChI is InChI=1S/C20H25ClN6O.HI/c1-2-23-20(24-13-19(28)25-16-6-4-9-22-12-16)26-17-8-10-27(14-17)18-7-3-5-15(21)11-18;/h3-7,9,11-12,17H,2,8,10,13-14H2,1H3,(H,25,28)(H2,23,24,26);1H. The zero-order chi connectivity index (χ0) is 19.8. The number of guanidine groups is 1. The molecule has 3 rings (SSSR count). The van der Waals surface area contributed by atoms with E-state index in [1.54, 1.807) is 24.5 Å². The summed E-state index contributed by atoms with van der Waals surface area (Å²) in [6.45, 7) is 4.56. The molecule has 2 heterocycles. The summed E-state index contributed by atoms with van der Waals surface area (Å²) in [5.74, 6) is 0.457. The van der Waals surface area contributed by atoms with E-state index >= 15 is 0 Å². The van der Waals surface area contributed by atoms with Gasteiger partial charge < -0.3 is 20.9 Å². The third-order valence-corrected chi connectivity index (χ3v) is 4.61. The maximum absolute atomic E-state index is 12.1. The molecule has 1 aromatic heterocycles. The van der Waals surface area contributed by atoms with Crippen LogP contribution in [-0.2, 0) is 4.79 Å². The molecule has 3 N–H and O–H groups in total. The topological polar surface area (TPSA) is 81.6 Å². The van der Waals surface area contributed by atoms with Crippen molar-refractivity contribution in [3.63, 3.8) is 0 Å². The van der Waals surface area contributed by atoms with Gasteiger partial charge in [0.15, 0.2) is 5.96 Å². The number of benzene rings is 1. The van der Waals surface area contributed by atoms with E-state index in [1.807, 2.05) is 25.1 Å². The molecule has 1 amide bonds. The van der Waals surface area contributed by atoms with E-state index in [2.05, 4.69) is 36.9 Å². The maximum Gasteiger partial charge on any atom is 0.246 e. The number of carbonyl (C=O) groups is 1. The van der Waals surface area contributed by atoms with Crippen LogP contribution in [0, 0.1) is 0 Å². The highest BCUT2D eigenvalue weighted by Crippen LogP contribution is 2.23. The Morgan fingerprint density at radius 1 is 1.34 bits per heavy atom. The van der Waals surface area contributed by atoms with Crippen LogP contribution < -0.4 is 20.9 Å². The van der Waals surface area contributed by atoms with Crippen LogP contribution in [0.15, 0.2) is 53.8 Å². The molecular weight excluding hydrogens is 503 g/mol. The fraction of sp³-hybridized carbons (Fsp3) is 0.350. The Hall–Kier alpha value is -2.07. The normalized spacial score (nSPS) is 16.1. The lowest BCUT2D eigenvalue weighted by Gasteiger charge is -2.20. The lowest BCUT2D eigenvalue weighted by molar-refractivity contribution is -0.114. The van der Waals surface area contributed by atoms with Crippen molar-refractivity contribution < 1.29 is 4.79 Å². The molecule has 1 aromatic carbocycles. The number of aromatic nitrogens is 1. The van der Waals surface area contributed by atoms with E-state index in [0.717, 1.165) is 36.8 Å². The molecule has 29 heavy (non-hydrogen) atoms. The molecule has 1 atom stereocenters. The Labute approximate surface area is 193 Å². The van der Waals surface area contributed by atoms with Gasteiger partial charge in [-0.05, 0) is 43.7 Å². The fourth-order valence-corrected chi connectivity index (χ4v) is 3.27. The van der Waals surface area contributed by atoms with Crippen molar-refractivity contribution in [2.24, 2.45) is 4.99 Å². The average Bonchev–Trinajstić information content (AvgIpc) is 3.16. The Balaban J connectivity index is 0.00000300. The van der Waals surface area contributed by atoms with Crippen LogP contribution in [-0.4, -0.2) is 49.1 Å². The van der Waals surface area contributed by atoms with Crippen LogP contribution in [0.5, 0.6) is 0 Å². The van der Waals surface area contributed by atoms with Gasteiger partial charge in [0.05, 0.1) is 11.9 Å². The summed E-state index contributed by atoms with van der Waals surface area (Å²) in [5, 5.41) is 10.1. The van der Waals surface area contributed by atoms with Gasteiger partial charge in [-0.25, -0.2) is 4.99 Å². The number of hydrogen-bond acceptors (Lipinski definition) is 4. The van der Waals surface area contributed by atoms with Crippen molar-refractivity contribution in [1.29, 1.82) is 0 Å². The van der Waals surface area contributed by atoms with E-state index in [1.165, 1.54) is 0 Å². The van der Waals surface area contributed by atoms with Crippen LogP contribution in [0.2, 0.25) is 5.02 Å². The molecule has 9 heteroatoms. The lowest BCUT2D eigenvalue weighted by Crippen LogP contribution is -2.45. The second-order valence-corrected chi connectivity index (χ2v) is 6.98. The highest BCUT2D eigenvalue weighted by Gasteiger charge is 2.23. The first-order valence-electron chi connectivity index (χ1n) is 9.39. The molecule has 156 valence electrons. The van der Waals surface area contributed by atoms with Crippen molar-refractivity contribution in [2.75, 3.05) is 36.4 Å². The van der Waals surface area contributed by atoms with Crippen LogP contribution in [0.25, 0.3) is 0 Å². The second kappa shape index (κ2) is 11.8. The minimum absolute atomic E-state index is 0. The molecule has 2 aromatic rings. The summed E-state index contributed by atoms with van der Waals surface area (Å²) in [7, 11) is 0. The summed E-state index contributed by atoms with van der Waals surface area (Å²) in [6.07, 6.45) is 4.25. The van der Waals surface area contributed by atoms with Crippen LogP contribution in [0.3, 0.4) is 0 Å². The maximum atomic E-state index is 12.1. The number of halogens is 2. The monoisotopic (exact) mass is 528 g/mol. The Morgan fingerprint density at radius 2 is 2.21 bits per heavy atom. The van der Waals surface area contributed by atoms with E-state index in [4.69, 9.17) is 11.6 Å². The highest BCUT2D eigenvalue weighted by atomic mass is 127. The molecule has 7 nitrogen and oxygen atoms in total. The minimum Gasteiger partial charge on any atom is -0.369 e. The number of nitrogens with zero attached hydrogens (tertiary/aromatic N) is 3. The van der Waals surface area contributed by atoms with Gasteiger partial charge in [0.25, 0.3) is 0 Å². The van der Waals surface area contributed by atoms with E-state index in [-0.39, 0.29) is 42.5 Å². The number of pyridine rings is 1. The van der Waals surface area contributed by atoms with Crippen LogP contribution in [0.4, 0.5) is 11.4 Å². The smallest absolute Gasteiger partial charge is 0.246 e. The van der Waals surface area contributed by atoms with Gasteiger partial charge in [-0.15, -0.1) is 24.0 Å². The number of carbonyl (C=O) groups excluding carboxylic acids is 1. The summed E-state index contributed by atoms with van der Waals surface area (Å²) in [6, 6.07) is 11.7. The predicted molar refractivity (Wildman–Crippen MR) is 129 cm³/mol. The van der Waals surface area contributed by atoms with Gasteiger partial charge >= 0.3 is 0 Å². The first kappa shape index (κ1) is 23.2. The summed E-state index contributed by atoms with van der Waals surface area (Å²) in [5.41, 5.74) is 1.78. The molecule has 1 saturated heterocycles. The van der Waals surface area contributed by atoms with Gasteiger partial charge in [-0.3, -0.25) is 9.78 Å². The fourth-order valence-electron chi connectivity index (χ4n) is 3.09. The van der Waals surface area contributed by atoms with Gasteiger partial charge in [-0.1, -0.05) is 17.7 Å². The number of anilines is 2. The Kier molecular flexibility index (Phi) is 9.46. The Bertz CT molecular complexity index is 820. The first-order chi connectivity index (χ1) is 13.6. The van der Waals surface area contributed by atoms with Gasteiger partial charge in [0.2, 0.25) is 5.91 Å². The molecule has 1 aliphatic heterocycles. The Morgan fingerprint density at radius 3 is 2.93 bits per heavy atom. The van der Waals surface area contributed by atoms with Crippen molar-refractivity contribution >= 4 is 58.8 Å². The lowest BCUT2D eigenvalue weighted by atomic mass is 10.3. The van der Waals surface area contributed by atoms with Crippen molar-refractivity contribution in [2.45, 2.75) is 19.4 Å². The second-order valence-electron chi connectivity index (χ2n) is 6.54. The van der Waals surface area contributed by atoms with Crippen molar-refractivity contribution in [3.05, 3.63) is 53.8 Å². The molecule has 1 aliphatic rings. The number of hydrogen-bond donors (Lipinski definition) is 3. The van der Waals surface area contributed by atoms with Crippen LogP contribution in [0.1, 0.15) is 13.3 Å². The molecule has 0 saturated carbocycles. The third-order valence-electron chi connectivity index (χ3n) is 4.37. The number of aliphatic imine (C=N–C) groups is 1. The quantitative estimate of drug-likeness (QED) is 0.305. The molecule has 1 unspecified atom stereocenters. The first-order valence-corrected chi connectivity index (χ1v) is 9.77. The molecule has 0 aliphatic carbocycles. The van der Waals surface area contributed by atoms with Gasteiger partial charge in [0, 0.05) is 42.6 Å². The van der Waals surface area contributed by atoms with Gasteiger partial charge in [0.1, 0.15) is 6.54 Å². The average molecular weight is 529 g/mol. The van der Waals surface area contributed by atoms with E-state index in [9.17, 15) is 4.79 Å². The highest BCUT2D eigenvalue weighted by molar-refractivity contribution is 14.0.